The molecule has 0 radical (unpaired) electrons. The molecular weight excluding hydrogens is 208 g/mol. The van der Waals surface area contributed by atoms with Gasteiger partial charge in [0.25, 0.3) is 0 Å². The molecule has 0 aromatic heterocycles. The van der Waals surface area contributed by atoms with Crippen LogP contribution in [0.1, 0.15) is 6.42 Å². The number of rotatable bonds is 1. The van der Waals surface area contributed by atoms with Crippen LogP contribution in [0.25, 0.3) is 0 Å². The van der Waals surface area contributed by atoms with Crippen LogP contribution >= 0.6 is 0 Å². The topological polar surface area (TPSA) is 66.9 Å². The summed E-state index contributed by atoms with van der Waals surface area (Å²) in [4.78, 5) is 24.4. The van der Waals surface area contributed by atoms with Crippen molar-refractivity contribution in [2.45, 2.75) is 18.6 Å². The van der Waals surface area contributed by atoms with Gasteiger partial charge in [-0.3, -0.25) is 9.59 Å². The minimum atomic E-state index is -0.853. The van der Waals surface area contributed by atoms with Crippen LogP contribution in [-0.2, 0) is 14.3 Å². The van der Waals surface area contributed by atoms with Gasteiger partial charge in [0.15, 0.2) is 23.8 Å². The first-order valence-corrected chi connectivity index (χ1v) is 5.73. The number of aliphatic hydroxyl groups is 1. The van der Waals surface area contributed by atoms with E-state index in [0.717, 1.165) is 6.42 Å². The van der Waals surface area contributed by atoms with Gasteiger partial charge in [0.2, 0.25) is 0 Å². The molecule has 16 heavy (non-hydrogen) atoms. The van der Waals surface area contributed by atoms with Gasteiger partial charge in [0.05, 0.1) is 12.0 Å². The molecule has 6 atom stereocenters. The number of carbonyl (C=O) groups excluding carboxylic acids is 2. The van der Waals surface area contributed by atoms with Crippen LogP contribution in [0.5, 0.6) is 0 Å². The molecule has 4 nitrogen and oxygen atoms in total. The van der Waals surface area contributed by atoms with E-state index in [9.17, 15) is 14.7 Å². The molecule has 2 bridgehead atoms. The first-order valence-electron chi connectivity index (χ1n) is 5.73. The van der Waals surface area contributed by atoms with E-state index in [2.05, 4.69) is 0 Å². The number of carbonyl (C=O) groups is 2. The first kappa shape index (κ1) is 9.07. The van der Waals surface area contributed by atoms with Crippen molar-refractivity contribution in [2.24, 2.45) is 23.2 Å². The monoisotopic (exact) mass is 220 g/mol. The van der Waals surface area contributed by atoms with E-state index in [4.69, 9.17) is 4.74 Å². The van der Waals surface area contributed by atoms with E-state index in [0.29, 0.717) is 0 Å². The molecule has 3 fully saturated rings. The number of fused-ring (bicyclic) bond motifs is 6. The fourth-order valence-electron chi connectivity index (χ4n) is 4.03. The van der Waals surface area contributed by atoms with E-state index in [1.807, 2.05) is 12.2 Å². The van der Waals surface area contributed by atoms with Crippen molar-refractivity contribution in [2.75, 3.05) is 6.61 Å². The van der Waals surface area contributed by atoms with Crippen LogP contribution in [0.3, 0.4) is 0 Å². The Kier molecular flexibility index (Phi) is 1.40. The molecule has 0 aromatic carbocycles. The number of Topliss-reactive ketones (excluding diaryl/α,β-unsaturated/α-hetero) is 2. The van der Waals surface area contributed by atoms with Crippen molar-refractivity contribution in [1.29, 1.82) is 0 Å². The molecule has 1 saturated heterocycles. The molecule has 2 saturated carbocycles. The second kappa shape index (κ2) is 2.46. The quantitative estimate of drug-likeness (QED) is 0.487. The maximum absolute atomic E-state index is 12.3. The van der Waals surface area contributed by atoms with Crippen molar-refractivity contribution in [3.05, 3.63) is 12.2 Å². The van der Waals surface area contributed by atoms with Gasteiger partial charge in [-0.1, -0.05) is 12.2 Å². The minimum absolute atomic E-state index is 0.0362. The minimum Gasteiger partial charge on any atom is -0.395 e. The van der Waals surface area contributed by atoms with E-state index in [-0.39, 0.29) is 35.9 Å². The highest BCUT2D eigenvalue weighted by Crippen LogP contribution is 2.62. The lowest BCUT2D eigenvalue weighted by Gasteiger charge is -2.39. The van der Waals surface area contributed by atoms with Crippen molar-refractivity contribution in [1.82, 2.24) is 0 Å². The average molecular weight is 220 g/mol. The Morgan fingerprint density at radius 1 is 1.38 bits per heavy atom. The van der Waals surface area contributed by atoms with Crippen molar-refractivity contribution in [3.63, 3.8) is 0 Å². The zero-order valence-corrected chi connectivity index (χ0v) is 8.63. The summed E-state index contributed by atoms with van der Waals surface area (Å²) in [6, 6.07) is 0. The average Bonchev–Trinajstić information content (AvgIpc) is 2.86. The van der Waals surface area contributed by atoms with Gasteiger partial charge in [0, 0.05) is 5.92 Å². The summed E-state index contributed by atoms with van der Waals surface area (Å²) >= 11 is 0. The molecule has 4 rings (SSSR count). The maximum Gasteiger partial charge on any atom is 0.174 e. The van der Waals surface area contributed by atoms with E-state index >= 15 is 0 Å². The summed E-state index contributed by atoms with van der Waals surface area (Å²) in [5, 5.41) is 9.64. The fourth-order valence-corrected chi connectivity index (χ4v) is 4.03. The third kappa shape index (κ3) is 0.720. The molecule has 1 N–H and O–H groups in total. The van der Waals surface area contributed by atoms with Gasteiger partial charge in [0.1, 0.15) is 0 Å². The van der Waals surface area contributed by atoms with Gasteiger partial charge in [-0.2, -0.15) is 0 Å². The lowest BCUT2D eigenvalue weighted by Crippen LogP contribution is -2.55. The number of hydrogen-bond acceptors (Lipinski definition) is 4. The normalized spacial score (nSPS) is 56.4. The zero-order chi connectivity index (χ0) is 11.1. The molecule has 1 heterocycles. The molecular formula is C12H12O4. The van der Waals surface area contributed by atoms with Gasteiger partial charge >= 0.3 is 0 Å². The van der Waals surface area contributed by atoms with Gasteiger partial charge in [-0.05, 0) is 18.3 Å². The van der Waals surface area contributed by atoms with Crippen molar-refractivity contribution >= 4 is 11.6 Å². The number of allylic oxidation sites excluding steroid dienone is 2. The number of aliphatic hydroxyl groups excluding tert-OH is 1. The molecule has 0 amide bonds. The molecule has 0 spiro atoms. The maximum atomic E-state index is 12.3. The molecule has 3 aliphatic carbocycles. The van der Waals surface area contributed by atoms with Gasteiger partial charge < -0.3 is 9.84 Å². The highest BCUT2D eigenvalue weighted by Gasteiger charge is 2.73. The number of ether oxygens (including phenoxy) is 1. The Hall–Kier alpha value is -1.00. The SMILES string of the molecule is O=C1[C@@H]2[C@@H]3C=C[C@@H](C3)[C@]2(CO)C(=O)[C@H]2O[C@@H]12. The predicted octanol–water partition coefficient (Wildman–Crippen LogP) is -0.294. The Balaban J connectivity index is 1.91. The second-order valence-corrected chi connectivity index (χ2v) is 5.31. The molecule has 84 valence electrons. The van der Waals surface area contributed by atoms with Crippen LogP contribution in [0.15, 0.2) is 12.2 Å². The standard InChI is InChI=1S/C12H12O4/c13-4-12-6-2-1-5(3-6)7(12)8(14)9-10(16-9)11(12)15/h1-2,5-7,9-10,13H,3-4H2/t5-,6+,7+,9+,10+,12+/m1/s1. The van der Waals surface area contributed by atoms with Crippen LogP contribution in [0.2, 0.25) is 0 Å². The largest absolute Gasteiger partial charge is 0.395 e. The number of epoxide rings is 1. The van der Waals surface area contributed by atoms with Crippen molar-refractivity contribution < 1.29 is 19.4 Å². The molecule has 4 aliphatic rings. The Labute approximate surface area is 92.3 Å². The first-order chi connectivity index (χ1) is 7.70. The summed E-state index contributed by atoms with van der Waals surface area (Å²) < 4.78 is 5.15. The summed E-state index contributed by atoms with van der Waals surface area (Å²) in [6.07, 6.45) is 3.80. The Bertz CT molecular complexity index is 440. The third-order valence-corrected chi connectivity index (χ3v) is 4.82. The zero-order valence-electron chi connectivity index (χ0n) is 8.63. The third-order valence-electron chi connectivity index (χ3n) is 4.82. The van der Waals surface area contributed by atoms with Crippen LogP contribution < -0.4 is 0 Å². The smallest absolute Gasteiger partial charge is 0.174 e. The van der Waals surface area contributed by atoms with Crippen LogP contribution in [0.4, 0.5) is 0 Å². The number of ketones is 2. The van der Waals surface area contributed by atoms with E-state index < -0.39 is 17.6 Å². The van der Waals surface area contributed by atoms with E-state index in [1.54, 1.807) is 0 Å². The number of hydrogen-bond donors (Lipinski definition) is 1. The van der Waals surface area contributed by atoms with Crippen LogP contribution in [-0.4, -0.2) is 35.5 Å². The highest BCUT2D eigenvalue weighted by molar-refractivity contribution is 6.09. The lowest BCUT2D eigenvalue weighted by molar-refractivity contribution is -0.147. The summed E-state index contributed by atoms with van der Waals surface area (Å²) in [6.45, 7) is -0.222. The highest BCUT2D eigenvalue weighted by atomic mass is 16.6. The Morgan fingerprint density at radius 3 is 2.94 bits per heavy atom. The predicted molar refractivity (Wildman–Crippen MR) is 52.4 cm³/mol. The van der Waals surface area contributed by atoms with Crippen molar-refractivity contribution in [3.8, 4) is 0 Å². The Morgan fingerprint density at radius 2 is 2.19 bits per heavy atom. The molecule has 1 aliphatic heterocycles. The fraction of sp³-hybridized carbons (Fsp3) is 0.667. The van der Waals surface area contributed by atoms with E-state index in [1.165, 1.54) is 0 Å². The molecule has 0 unspecified atom stereocenters. The summed E-state index contributed by atoms with van der Waals surface area (Å²) in [5.74, 6) is -0.159. The molecule has 4 heteroatoms. The second-order valence-electron chi connectivity index (χ2n) is 5.31. The van der Waals surface area contributed by atoms with Crippen LogP contribution in [0, 0.1) is 23.2 Å². The molecule has 0 aromatic rings. The van der Waals surface area contributed by atoms with Gasteiger partial charge in [-0.15, -0.1) is 0 Å². The lowest BCUT2D eigenvalue weighted by atomic mass is 9.60. The summed E-state index contributed by atoms with van der Waals surface area (Å²) in [7, 11) is 0. The van der Waals surface area contributed by atoms with Gasteiger partial charge in [-0.25, -0.2) is 0 Å². The summed E-state index contributed by atoms with van der Waals surface area (Å²) in [5.41, 5.74) is -0.853.